The van der Waals surface area contributed by atoms with Crippen LogP contribution >= 0.6 is 0 Å². The van der Waals surface area contributed by atoms with Crippen molar-refractivity contribution in [1.82, 2.24) is 4.90 Å². The number of halogens is 2. The molecule has 1 amide bonds. The number of piperazine rings is 1. The Bertz CT molecular complexity index is 870. The largest absolute Gasteiger partial charge is 0.486 e. The molecule has 1 fully saturated rings. The van der Waals surface area contributed by atoms with E-state index in [0.717, 1.165) is 6.07 Å². The zero-order chi connectivity index (χ0) is 19.5. The SMILES string of the molecule is O=C(CN1CCN(c2ccc(F)cc2F)CC1)Nc1ccc2c(c1)OCCO2. The quantitative estimate of drug-likeness (QED) is 0.871. The van der Waals surface area contributed by atoms with Crippen LogP contribution in [0.2, 0.25) is 0 Å². The Morgan fingerprint density at radius 3 is 2.46 bits per heavy atom. The fourth-order valence-electron chi connectivity index (χ4n) is 3.41. The number of hydrogen-bond donors (Lipinski definition) is 1. The van der Waals surface area contributed by atoms with Crippen molar-refractivity contribution in [1.29, 1.82) is 0 Å². The molecule has 0 bridgehead atoms. The van der Waals surface area contributed by atoms with Crippen LogP contribution in [-0.4, -0.2) is 56.7 Å². The highest BCUT2D eigenvalue weighted by atomic mass is 19.1. The zero-order valence-electron chi connectivity index (χ0n) is 15.3. The van der Waals surface area contributed by atoms with E-state index in [-0.39, 0.29) is 12.5 Å². The summed E-state index contributed by atoms with van der Waals surface area (Å²) in [5.41, 5.74) is 1.04. The molecule has 6 nitrogen and oxygen atoms in total. The highest BCUT2D eigenvalue weighted by Crippen LogP contribution is 2.32. The van der Waals surface area contributed by atoms with Crippen molar-refractivity contribution in [3.05, 3.63) is 48.0 Å². The lowest BCUT2D eigenvalue weighted by Crippen LogP contribution is -2.48. The first-order valence-electron chi connectivity index (χ1n) is 9.20. The summed E-state index contributed by atoms with van der Waals surface area (Å²) in [4.78, 5) is 16.2. The molecule has 1 N–H and O–H groups in total. The first kappa shape index (κ1) is 18.5. The Labute approximate surface area is 161 Å². The minimum atomic E-state index is -0.587. The second-order valence-corrected chi connectivity index (χ2v) is 6.77. The van der Waals surface area contributed by atoms with Gasteiger partial charge < -0.3 is 19.7 Å². The Balaban J connectivity index is 1.29. The van der Waals surface area contributed by atoms with E-state index in [2.05, 4.69) is 5.32 Å². The number of ether oxygens (including phenoxy) is 2. The summed E-state index contributed by atoms with van der Waals surface area (Å²) in [6, 6.07) is 8.91. The van der Waals surface area contributed by atoms with Crippen molar-refractivity contribution < 1.29 is 23.0 Å². The zero-order valence-corrected chi connectivity index (χ0v) is 15.3. The van der Waals surface area contributed by atoms with Crippen LogP contribution in [0, 0.1) is 11.6 Å². The molecule has 1 saturated heterocycles. The minimum Gasteiger partial charge on any atom is -0.486 e. The highest BCUT2D eigenvalue weighted by molar-refractivity contribution is 5.92. The molecule has 8 heteroatoms. The monoisotopic (exact) mass is 389 g/mol. The number of anilines is 2. The van der Waals surface area contributed by atoms with Crippen molar-refractivity contribution in [3.8, 4) is 11.5 Å². The smallest absolute Gasteiger partial charge is 0.238 e. The first-order chi connectivity index (χ1) is 13.6. The fraction of sp³-hybridized carbons (Fsp3) is 0.350. The molecule has 0 saturated carbocycles. The number of carbonyl (C=O) groups excluding carboxylic acids is 1. The summed E-state index contributed by atoms with van der Waals surface area (Å²) < 4.78 is 38.0. The second-order valence-electron chi connectivity index (χ2n) is 6.77. The molecular formula is C20H21F2N3O3. The van der Waals surface area contributed by atoms with Gasteiger partial charge in [-0.3, -0.25) is 9.69 Å². The van der Waals surface area contributed by atoms with Crippen LogP contribution in [0.1, 0.15) is 0 Å². The maximum Gasteiger partial charge on any atom is 0.238 e. The van der Waals surface area contributed by atoms with Crippen LogP contribution in [0.15, 0.2) is 36.4 Å². The lowest BCUT2D eigenvalue weighted by atomic mass is 10.2. The van der Waals surface area contributed by atoms with Gasteiger partial charge in [0.05, 0.1) is 12.2 Å². The standard InChI is InChI=1S/C20H21F2N3O3/c21-14-1-3-17(16(22)11-14)25-7-5-24(6-8-25)13-20(26)23-15-2-4-18-19(12-15)28-10-9-27-18/h1-4,11-12H,5-10,13H2,(H,23,26). The number of hydrogen-bond acceptors (Lipinski definition) is 5. The predicted octanol–water partition coefficient (Wildman–Crippen LogP) is 2.50. The molecule has 2 heterocycles. The van der Waals surface area contributed by atoms with Crippen molar-refractivity contribution >= 4 is 17.3 Å². The van der Waals surface area contributed by atoms with Gasteiger partial charge >= 0.3 is 0 Å². The van der Waals surface area contributed by atoms with Crippen LogP contribution in [0.3, 0.4) is 0 Å². The number of fused-ring (bicyclic) bond motifs is 1. The number of carbonyl (C=O) groups is 1. The molecule has 0 unspecified atom stereocenters. The molecule has 4 rings (SSSR count). The lowest BCUT2D eigenvalue weighted by Gasteiger charge is -2.35. The number of amides is 1. The summed E-state index contributed by atoms with van der Waals surface area (Å²) in [5, 5.41) is 2.87. The van der Waals surface area contributed by atoms with Crippen molar-refractivity contribution in [2.24, 2.45) is 0 Å². The summed E-state index contributed by atoms with van der Waals surface area (Å²) >= 11 is 0. The van der Waals surface area contributed by atoms with Gasteiger partial charge in [0.2, 0.25) is 5.91 Å². The van der Waals surface area contributed by atoms with Crippen molar-refractivity contribution in [3.63, 3.8) is 0 Å². The fourth-order valence-corrected chi connectivity index (χ4v) is 3.41. The van der Waals surface area contributed by atoms with Crippen LogP contribution in [0.25, 0.3) is 0 Å². The third-order valence-electron chi connectivity index (χ3n) is 4.82. The van der Waals surface area contributed by atoms with E-state index in [0.29, 0.717) is 62.3 Å². The topological polar surface area (TPSA) is 54.0 Å². The molecule has 2 aliphatic rings. The Kier molecular flexibility index (Phi) is 5.29. The average Bonchev–Trinajstić information content (AvgIpc) is 2.69. The number of nitrogens with zero attached hydrogens (tertiary/aromatic N) is 2. The molecule has 28 heavy (non-hydrogen) atoms. The predicted molar refractivity (Wildman–Crippen MR) is 101 cm³/mol. The molecule has 0 aliphatic carbocycles. The third kappa shape index (κ3) is 4.17. The van der Waals surface area contributed by atoms with Gasteiger partial charge in [0.15, 0.2) is 11.5 Å². The van der Waals surface area contributed by atoms with Gasteiger partial charge in [0, 0.05) is 44.0 Å². The minimum absolute atomic E-state index is 0.127. The average molecular weight is 389 g/mol. The number of rotatable bonds is 4. The molecule has 2 aliphatic heterocycles. The Hall–Kier alpha value is -2.87. The van der Waals surface area contributed by atoms with Crippen LogP contribution in [0.4, 0.5) is 20.2 Å². The van der Waals surface area contributed by atoms with Gasteiger partial charge in [0.1, 0.15) is 24.8 Å². The molecule has 2 aromatic rings. The van der Waals surface area contributed by atoms with Crippen LogP contribution in [0.5, 0.6) is 11.5 Å². The summed E-state index contributed by atoms with van der Waals surface area (Å²) in [7, 11) is 0. The van der Waals surface area contributed by atoms with E-state index >= 15 is 0 Å². The van der Waals surface area contributed by atoms with Gasteiger partial charge in [-0.1, -0.05) is 0 Å². The van der Waals surface area contributed by atoms with Gasteiger partial charge in [-0.05, 0) is 24.3 Å². The van der Waals surface area contributed by atoms with Gasteiger partial charge in [-0.2, -0.15) is 0 Å². The Morgan fingerprint density at radius 2 is 1.71 bits per heavy atom. The van der Waals surface area contributed by atoms with E-state index in [1.807, 2.05) is 9.80 Å². The molecule has 0 atom stereocenters. The van der Waals surface area contributed by atoms with Crippen molar-refractivity contribution in [2.45, 2.75) is 0 Å². The molecule has 0 spiro atoms. The molecule has 2 aromatic carbocycles. The highest BCUT2D eigenvalue weighted by Gasteiger charge is 2.21. The maximum absolute atomic E-state index is 13.9. The van der Waals surface area contributed by atoms with Crippen molar-refractivity contribution in [2.75, 3.05) is 56.2 Å². The van der Waals surface area contributed by atoms with E-state index in [1.165, 1.54) is 12.1 Å². The van der Waals surface area contributed by atoms with Crippen LogP contribution in [-0.2, 0) is 4.79 Å². The molecular weight excluding hydrogens is 368 g/mol. The van der Waals surface area contributed by atoms with Gasteiger partial charge in [0.25, 0.3) is 0 Å². The van der Waals surface area contributed by atoms with Crippen LogP contribution < -0.4 is 19.7 Å². The maximum atomic E-state index is 13.9. The second kappa shape index (κ2) is 8.02. The Morgan fingerprint density at radius 1 is 0.964 bits per heavy atom. The molecule has 0 aromatic heterocycles. The van der Waals surface area contributed by atoms with E-state index in [9.17, 15) is 13.6 Å². The third-order valence-corrected chi connectivity index (χ3v) is 4.82. The van der Waals surface area contributed by atoms with E-state index < -0.39 is 11.6 Å². The number of benzene rings is 2. The van der Waals surface area contributed by atoms with E-state index in [1.54, 1.807) is 18.2 Å². The summed E-state index contributed by atoms with van der Waals surface area (Å²) in [6.07, 6.45) is 0. The molecule has 148 valence electrons. The number of nitrogens with one attached hydrogen (secondary N) is 1. The first-order valence-corrected chi connectivity index (χ1v) is 9.20. The summed E-state index contributed by atoms with van der Waals surface area (Å²) in [6.45, 7) is 3.63. The van der Waals surface area contributed by atoms with E-state index in [4.69, 9.17) is 9.47 Å². The molecule has 0 radical (unpaired) electrons. The van der Waals surface area contributed by atoms with Gasteiger partial charge in [-0.25, -0.2) is 8.78 Å². The van der Waals surface area contributed by atoms with Gasteiger partial charge in [-0.15, -0.1) is 0 Å². The lowest BCUT2D eigenvalue weighted by molar-refractivity contribution is -0.117. The summed E-state index contributed by atoms with van der Waals surface area (Å²) in [5.74, 6) is 0.0194. The normalized spacial score (nSPS) is 16.7.